The van der Waals surface area contributed by atoms with E-state index < -0.39 is 0 Å². The normalized spacial score (nSPS) is 32.1. The number of hydrogen-bond acceptors (Lipinski definition) is 2. The molecule has 4 unspecified atom stereocenters. The van der Waals surface area contributed by atoms with Gasteiger partial charge in [-0.2, -0.15) is 0 Å². The molecule has 4 nitrogen and oxygen atoms in total. The second kappa shape index (κ2) is 5.99. The van der Waals surface area contributed by atoms with Gasteiger partial charge >= 0.3 is 0 Å². The maximum Gasteiger partial charge on any atom is 0.224 e. The lowest BCUT2D eigenvalue weighted by Gasteiger charge is -2.22. The van der Waals surface area contributed by atoms with E-state index >= 15 is 0 Å². The number of nitrogens with one attached hydrogen (secondary N) is 2. The van der Waals surface area contributed by atoms with Crippen molar-refractivity contribution in [1.82, 2.24) is 5.32 Å². The minimum Gasteiger partial charge on any atom is -0.349 e. The van der Waals surface area contributed by atoms with E-state index in [4.69, 9.17) is 0 Å². The molecule has 1 saturated heterocycles. The van der Waals surface area contributed by atoms with Crippen molar-refractivity contribution in [2.24, 2.45) is 17.8 Å². The first-order valence-corrected chi connectivity index (χ1v) is 8.87. The van der Waals surface area contributed by atoms with Crippen LogP contribution in [0.2, 0.25) is 0 Å². The third-order valence-corrected chi connectivity index (χ3v) is 5.94. The van der Waals surface area contributed by atoms with Crippen molar-refractivity contribution in [3.8, 4) is 0 Å². The molecule has 2 aliphatic carbocycles. The van der Waals surface area contributed by atoms with Crippen LogP contribution in [0, 0.1) is 17.8 Å². The number of anilines is 1. The number of para-hydroxylation sites is 1. The predicted octanol–water partition coefficient (Wildman–Crippen LogP) is 3.40. The van der Waals surface area contributed by atoms with Crippen LogP contribution >= 0.6 is 0 Å². The van der Waals surface area contributed by atoms with Crippen LogP contribution in [-0.2, 0) is 9.59 Å². The van der Waals surface area contributed by atoms with Gasteiger partial charge in [-0.1, -0.05) is 24.6 Å². The Morgan fingerprint density at radius 3 is 2.74 bits per heavy atom. The number of benzene rings is 1. The van der Waals surface area contributed by atoms with Gasteiger partial charge in [0.05, 0.1) is 6.04 Å². The molecule has 4 rings (SSSR count). The highest BCUT2D eigenvalue weighted by atomic mass is 16.2. The third kappa shape index (κ3) is 2.99. The Hall–Kier alpha value is -1.84. The second-order valence-corrected chi connectivity index (χ2v) is 7.43. The van der Waals surface area contributed by atoms with E-state index in [9.17, 15) is 9.59 Å². The molecule has 4 atom stereocenters. The number of hydrogen-bond donors (Lipinski definition) is 2. The van der Waals surface area contributed by atoms with Gasteiger partial charge in [-0.3, -0.25) is 9.59 Å². The number of carbonyl (C=O) groups is 2. The minimum absolute atomic E-state index is 0.0292. The Morgan fingerprint density at radius 2 is 2.04 bits per heavy atom. The van der Waals surface area contributed by atoms with Crippen LogP contribution in [-0.4, -0.2) is 11.8 Å². The first kappa shape index (κ1) is 14.7. The highest BCUT2D eigenvalue weighted by Crippen LogP contribution is 2.49. The molecular formula is C19H24N2O2. The summed E-state index contributed by atoms with van der Waals surface area (Å²) >= 11 is 0. The summed E-state index contributed by atoms with van der Waals surface area (Å²) in [5, 5.41) is 6.09. The molecule has 1 aromatic rings. The van der Waals surface area contributed by atoms with Crippen LogP contribution in [0.5, 0.6) is 0 Å². The van der Waals surface area contributed by atoms with Crippen molar-refractivity contribution >= 4 is 17.5 Å². The molecule has 2 N–H and O–H groups in total. The average molecular weight is 312 g/mol. The van der Waals surface area contributed by atoms with Gasteiger partial charge in [0.15, 0.2) is 0 Å². The highest BCUT2D eigenvalue weighted by molar-refractivity contribution is 5.92. The second-order valence-electron chi connectivity index (χ2n) is 7.43. The Morgan fingerprint density at radius 1 is 1.17 bits per heavy atom. The SMILES string of the molecule is O=C(CC1CC2CCC1C2)Nc1ccccc1C1CCC(=O)N1. The molecule has 23 heavy (non-hydrogen) atoms. The lowest BCUT2D eigenvalue weighted by atomic mass is 9.86. The molecule has 1 aromatic carbocycles. The Labute approximate surface area is 137 Å². The maximum absolute atomic E-state index is 12.5. The summed E-state index contributed by atoms with van der Waals surface area (Å²) in [7, 11) is 0. The Bertz CT molecular complexity index is 628. The van der Waals surface area contributed by atoms with Crippen molar-refractivity contribution in [3.05, 3.63) is 29.8 Å². The lowest BCUT2D eigenvalue weighted by Crippen LogP contribution is -2.23. The summed E-state index contributed by atoms with van der Waals surface area (Å²) in [6.45, 7) is 0. The fraction of sp³-hybridized carbons (Fsp3) is 0.579. The Balaban J connectivity index is 1.42. The van der Waals surface area contributed by atoms with Crippen molar-refractivity contribution in [1.29, 1.82) is 0 Å². The summed E-state index contributed by atoms with van der Waals surface area (Å²) in [5.41, 5.74) is 1.88. The molecule has 0 radical (unpaired) electrons. The zero-order valence-corrected chi connectivity index (χ0v) is 13.4. The van der Waals surface area contributed by atoms with Crippen LogP contribution in [0.25, 0.3) is 0 Å². The van der Waals surface area contributed by atoms with E-state index in [-0.39, 0.29) is 17.9 Å². The molecule has 122 valence electrons. The molecule has 4 heteroatoms. The van der Waals surface area contributed by atoms with Gasteiger partial charge in [-0.25, -0.2) is 0 Å². The van der Waals surface area contributed by atoms with Gasteiger partial charge in [0.1, 0.15) is 0 Å². The first-order valence-electron chi connectivity index (χ1n) is 8.87. The average Bonchev–Trinajstić information content (AvgIpc) is 3.24. The molecular weight excluding hydrogens is 288 g/mol. The van der Waals surface area contributed by atoms with E-state index in [0.717, 1.165) is 29.5 Å². The van der Waals surface area contributed by atoms with Crippen molar-refractivity contribution < 1.29 is 9.59 Å². The summed E-state index contributed by atoms with van der Waals surface area (Å²) in [4.78, 5) is 23.9. The third-order valence-electron chi connectivity index (χ3n) is 5.94. The van der Waals surface area contributed by atoms with Crippen LogP contribution < -0.4 is 10.6 Å². The van der Waals surface area contributed by atoms with Gasteiger partial charge in [0, 0.05) is 18.5 Å². The topological polar surface area (TPSA) is 58.2 Å². The molecule has 1 aliphatic heterocycles. The lowest BCUT2D eigenvalue weighted by molar-refractivity contribution is -0.119. The molecule has 0 aromatic heterocycles. The summed E-state index contributed by atoms with van der Waals surface area (Å²) < 4.78 is 0. The monoisotopic (exact) mass is 312 g/mol. The summed E-state index contributed by atoms with van der Waals surface area (Å²) in [5.74, 6) is 2.44. The Kier molecular flexibility index (Phi) is 3.83. The van der Waals surface area contributed by atoms with Crippen molar-refractivity contribution in [2.45, 2.75) is 51.0 Å². The van der Waals surface area contributed by atoms with E-state index in [0.29, 0.717) is 18.8 Å². The number of rotatable bonds is 4. The largest absolute Gasteiger partial charge is 0.349 e. The molecule has 2 bridgehead atoms. The van der Waals surface area contributed by atoms with Crippen LogP contribution in [0.4, 0.5) is 5.69 Å². The molecule has 1 heterocycles. The number of carbonyl (C=O) groups excluding carboxylic acids is 2. The van der Waals surface area contributed by atoms with Crippen LogP contribution in [0.15, 0.2) is 24.3 Å². The van der Waals surface area contributed by atoms with E-state index in [1.54, 1.807) is 0 Å². The quantitative estimate of drug-likeness (QED) is 0.895. The number of amides is 2. The predicted molar refractivity (Wildman–Crippen MR) is 88.7 cm³/mol. The maximum atomic E-state index is 12.5. The van der Waals surface area contributed by atoms with Gasteiger partial charge in [0.25, 0.3) is 0 Å². The molecule has 3 fully saturated rings. The first-order chi connectivity index (χ1) is 11.2. The van der Waals surface area contributed by atoms with Gasteiger partial charge in [-0.15, -0.1) is 0 Å². The molecule has 2 amide bonds. The van der Waals surface area contributed by atoms with Gasteiger partial charge < -0.3 is 10.6 Å². The van der Waals surface area contributed by atoms with Crippen LogP contribution in [0.3, 0.4) is 0 Å². The summed E-state index contributed by atoms with van der Waals surface area (Å²) in [6.07, 6.45) is 7.27. The van der Waals surface area contributed by atoms with Crippen LogP contribution in [0.1, 0.15) is 56.6 Å². The van der Waals surface area contributed by atoms with Gasteiger partial charge in [0.2, 0.25) is 11.8 Å². The summed E-state index contributed by atoms with van der Waals surface area (Å²) in [6, 6.07) is 7.88. The highest BCUT2D eigenvalue weighted by Gasteiger charge is 2.40. The fourth-order valence-corrected chi connectivity index (χ4v) is 4.83. The van der Waals surface area contributed by atoms with Crippen molar-refractivity contribution in [2.75, 3.05) is 5.32 Å². The molecule has 0 spiro atoms. The molecule has 3 aliphatic rings. The zero-order chi connectivity index (χ0) is 15.8. The molecule has 2 saturated carbocycles. The smallest absolute Gasteiger partial charge is 0.224 e. The van der Waals surface area contributed by atoms with E-state index in [1.165, 1.54) is 25.7 Å². The van der Waals surface area contributed by atoms with Crippen molar-refractivity contribution in [3.63, 3.8) is 0 Å². The fourth-order valence-electron chi connectivity index (χ4n) is 4.83. The minimum atomic E-state index is 0.0292. The van der Waals surface area contributed by atoms with E-state index in [1.807, 2.05) is 24.3 Å². The zero-order valence-electron chi connectivity index (χ0n) is 13.4. The van der Waals surface area contributed by atoms with E-state index in [2.05, 4.69) is 10.6 Å². The standard InChI is InChI=1S/C19H24N2O2/c22-18-8-7-17(20-18)15-3-1-2-4-16(15)21-19(23)11-14-10-12-5-6-13(14)9-12/h1-4,12-14,17H,5-11H2,(H,20,22)(H,21,23). The van der Waals surface area contributed by atoms with Gasteiger partial charge in [-0.05, 0) is 55.1 Å². The number of fused-ring (bicyclic) bond motifs is 2.